The molecule has 0 nitrogen and oxygen atoms in total. The average Bonchev–Trinajstić information content (AvgIpc) is 1.67. The topological polar surface area (TPSA) is 0 Å². The van der Waals surface area contributed by atoms with Crippen molar-refractivity contribution in [2.45, 2.75) is 38.2 Å². The van der Waals surface area contributed by atoms with Gasteiger partial charge >= 0.3 is 61.8 Å². The van der Waals surface area contributed by atoms with Gasteiger partial charge in [-0.15, -0.1) is 0 Å². The summed E-state index contributed by atoms with van der Waals surface area (Å²) in [6.45, 7) is 6.83. The second kappa shape index (κ2) is 4.47. The second-order valence-corrected chi connectivity index (χ2v) is 3.01. The molecule has 0 aromatic heterocycles. The Labute approximate surface area is 62.3 Å². The van der Waals surface area contributed by atoms with Gasteiger partial charge in [-0.3, -0.25) is 0 Å². The monoisotopic (exact) mass is 106 g/mol. The normalized spacial score (nSPS) is 14.8. The third-order valence-corrected chi connectivity index (χ3v) is 1.88. The predicted octanol–water partition coefficient (Wildman–Crippen LogP) is 2.40. The van der Waals surface area contributed by atoms with Gasteiger partial charge in [0.25, 0.3) is 0 Å². The quantitative estimate of drug-likeness (QED) is 0.484. The molecule has 0 saturated carbocycles. The molecule has 0 aliphatic heterocycles. The van der Waals surface area contributed by atoms with E-state index in [2.05, 4.69) is 38.5 Å². The average molecular weight is 106 g/mol. The Morgan fingerprint density at radius 1 is 1.38 bits per heavy atom. The van der Waals surface area contributed by atoms with Crippen LogP contribution in [0.1, 0.15) is 33.6 Å². The van der Waals surface area contributed by atoms with Crippen LogP contribution in [-0.4, -0.2) is 17.7 Å². The molecular weight excluding hydrogens is 91.0 g/mol. The summed E-state index contributed by atoms with van der Waals surface area (Å²) in [6, 6.07) is 0. The molecular formula is C7H15Li. The first-order valence-electron chi connectivity index (χ1n) is 3.68. The molecule has 0 N–H and O–H groups in total. The SMILES string of the molecule is [Li][CH](CCC)C(C)C. The van der Waals surface area contributed by atoms with Gasteiger partial charge in [-0.05, 0) is 0 Å². The summed E-state index contributed by atoms with van der Waals surface area (Å²) in [5.41, 5.74) is 0. The van der Waals surface area contributed by atoms with E-state index in [1.165, 1.54) is 12.8 Å². The van der Waals surface area contributed by atoms with Crippen LogP contribution in [0, 0.1) is 5.92 Å². The molecule has 1 atom stereocenters. The van der Waals surface area contributed by atoms with Crippen molar-refractivity contribution >= 4 is 17.7 Å². The van der Waals surface area contributed by atoms with Gasteiger partial charge in [0, 0.05) is 0 Å². The zero-order valence-electron chi connectivity index (χ0n) is 6.57. The van der Waals surface area contributed by atoms with E-state index in [-0.39, 0.29) is 0 Å². The maximum absolute atomic E-state index is 2.33. The van der Waals surface area contributed by atoms with Gasteiger partial charge in [-0.2, -0.15) is 0 Å². The van der Waals surface area contributed by atoms with E-state index >= 15 is 0 Å². The van der Waals surface area contributed by atoms with Crippen LogP contribution in [0.2, 0.25) is 4.59 Å². The Bertz CT molecular complexity index is 50.3. The van der Waals surface area contributed by atoms with Crippen LogP contribution in [-0.2, 0) is 0 Å². The van der Waals surface area contributed by atoms with Gasteiger partial charge in [0.1, 0.15) is 0 Å². The van der Waals surface area contributed by atoms with Crippen LogP contribution in [0.4, 0.5) is 0 Å². The Morgan fingerprint density at radius 2 is 1.88 bits per heavy atom. The Balaban J connectivity index is 3.17. The molecule has 0 aliphatic carbocycles. The molecule has 0 radical (unpaired) electrons. The van der Waals surface area contributed by atoms with Gasteiger partial charge in [0.05, 0.1) is 0 Å². The van der Waals surface area contributed by atoms with Crippen molar-refractivity contribution in [3.05, 3.63) is 0 Å². The van der Waals surface area contributed by atoms with Gasteiger partial charge in [-0.25, -0.2) is 0 Å². The summed E-state index contributed by atoms with van der Waals surface area (Å²) in [6.07, 6.45) is 2.72. The molecule has 0 aromatic rings. The molecule has 0 amide bonds. The van der Waals surface area contributed by atoms with Crippen molar-refractivity contribution in [1.82, 2.24) is 0 Å². The van der Waals surface area contributed by atoms with Crippen molar-refractivity contribution < 1.29 is 0 Å². The third-order valence-electron chi connectivity index (χ3n) is 1.88. The number of rotatable bonds is 3. The zero-order valence-corrected chi connectivity index (χ0v) is 6.57. The first-order chi connectivity index (χ1) is 3.68. The van der Waals surface area contributed by atoms with E-state index in [1.54, 1.807) is 0 Å². The fourth-order valence-corrected chi connectivity index (χ4v) is 0.789. The first-order valence-corrected chi connectivity index (χ1v) is 3.68. The van der Waals surface area contributed by atoms with E-state index in [1.807, 2.05) is 0 Å². The van der Waals surface area contributed by atoms with Crippen molar-refractivity contribution in [2.75, 3.05) is 0 Å². The fraction of sp³-hybridized carbons (Fsp3) is 1.00. The van der Waals surface area contributed by atoms with Crippen molar-refractivity contribution in [3.63, 3.8) is 0 Å². The molecule has 1 heteroatoms. The summed E-state index contributed by atoms with van der Waals surface area (Å²) in [4.78, 5) is 0. The summed E-state index contributed by atoms with van der Waals surface area (Å²) < 4.78 is 0.917. The minimum atomic E-state index is 0.870. The number of hydrogen-bond acceptors (Lipinski definition) is 0. The van der Waals surface area contributed by atoms with Crippen LogP contribution >= 0.6 is 0 Å². The minimum absolute atomic E-state index is 0.870. The predicted molar refractivity (Wildman–Crippen MR) is 39.2 cm³/mol. The van der Waals surface area contributed by atoms with Crippen LogP contribution in [0.5, 0.6) is 0 Å². The summed E-state index contributed by atoms with van der Waals surface area (Å²) in [5, 5.41) is 0. The van der Waals surface area contributed by atoms with Crippen molar-refractivity contribution in [2.24, 2.45) is 5.92 Å². The second-order valence-electron chi connectivity index (χ2n) is 3.01. The van der Waals surface area contributed by atoms with Crippen molar-refractivity contribution in [1.29, 1.82) is 0 Å². The molecule has 1 unspecified atom stereocenters. The Kier molecular flexibility index (Phi) is 4.81. The molecule has 0 bridgehead atoms. The number of hydrogen-bond donors (Lipinski definition) is 0. The van der Waals surface area contributed by atoms with Crippen LogP contribution in [0.3, 0.4) is 0 Å². The fourth-order valence-electron chi connectivity index (χ4n) is 0.789. The first kappa shape index (κ1) is 8.60. The van der Waals surface area contributed by atoms with E-state index in [4.69, 9.17) is 0 Å². The molecule has 0 aliphatic rings. The van der Waals surface area contributed by atoms with E-state index in [0.717, 1.165) is 10.5 Å². The van der Waals surface area contributed by atoms with E-state index in [9.17, 15) is 0 Å². The van der Waals surface area contributed by atoms with E-state index < -0.39 is 0 Å². The summed E-state index contributed by atoms with van der Waals surface area (Å²) in [5.74, 6) is 0.870. The van der Waals surface area contributed by atoms with Crippen LogP contribution < -0.4 is 0 Å². The summed E-state index contributed by atoms with van der Waals surface area (Å²) >= 11 is 2.33. The maximum atomic E-state index is 2.33. The standard InChI is InChI=1S/C7H15.Li/c1-4-5-6-7(2)3;/h6-7H,4-5H2,1-3H3;. The van der Waals surface area contributed by atoms with Crippen molar-refractivity contribution in [3.8, 4) is 0 Å². The van der Waals surface area contributed by atoms with E-state index in [0.29, 0.717) is 0 Å². The van der Waals surface area contributed by atoms with Crippen LogP contribution in [0.15, 0.2) is 0 Å². The van der Waals surface area contributed by atoms with Crippen LogP contribution in [0.25, 0.3) is 0 Å². The molecule has 0 fully saturated rings. The van der Waals surface area contributed by atoms with Gasteiger partial charge in [-0.1, -0.05) is 0 Å². The molecule has 0 spiro atoms. The third kappa shape index (κ3) is 3.58. The molecule has 0 saturated heterocycles. The Hall–Kier alpha value is 0.597. The molecule has 0 rings (SSSR count). The summed E-state index contributed by atoms with van der Waals surface area (Å²) in [7, 11) is 0. The van der Waals surface area contributed by atoms with Gasteiger partial charge in [0.15, 0.2) is 0 Å². The Morgan fingerprint density at radius 3 is 2.00 bits per heavy atom. The molecule has 8 heavy (non-hydrogen) atoms. The molecule has 0 heterocycles. The van der Waals surface area contributed by atoms with Gasteiger partial charge < -0.3 is 0 Å². The van der Waals surface area contributed by atoms with Gasteiger partial charge in [0.2, 0.25) is 0 Å². The molecule has 44 valence electrons. The zero-order chi connectivity index (χ0) is 6.57. The molecule has 0 aromatic carbocycles.